The highest BCUT2D eigenvalue weighted by Gasteiger charge is 2.37. The van der Waals surface area contributed by atoms with Gasteiger partial charge in [0.1, 0.15) is 0 Å². The van der Waals surface area contributed by atoms with Crippen molar-refractivity contribution >= 4 is 40.0 Å². The predicted molar refractivity (Wildman–Crippen MR) is 127 cm³/mol. The summed E-state index contributed by atoms with van der Waals surface area (Å²) >= 11 is 6.15. The molecule has 2 fully saturated rings. The van der Waals surface area contributed by atoms with Crippen molar-refractivity contribution in [2.24, 2.45) is 5.92 Å². The van der Waals surface area contributed by atoms with Crippen LogP contribution in [0.25, 0.3) is 10.9 Å². The highest BCUT2D eigenvalue weighted by molar-refractivity contribution is 6.31. The van der Waals surface area contributed by atoms with Crippen molar-refractivity contribution in [1.29, 1.82) is 0 Å². The number of likely N-dealkylation sites (tertiary alicyclic amines) is 1. The van der Waals surface area contributed by atoms with E-state index in [0.717, 1.165) is 36.0 Å². The van der Waals surface area contributed by atoms with Crippen LogP contribution in [0.5, 0.6) is 0 Å². The Bertz CT molecular complexity index is 1120. The number of aromatic nitrogens is 1. The molecule has 0 saturated carbocycles. The molecule has 0 unspecified atom stereocenters. The minimum atomic E-state index is -0.233. The Balaban J connectivity index is 1.16. The highest BCUT2D eigenvalue weighted by Crippen LogP contribution is 2.25. The zero-order chi connectivity index (χ0) is 22.1. The van der Waals surface area contributed by atoms with Gasteiger partial charge in [0.05, 0.1) is 5.92 Å². The number of anilines is 1. The Morgan fingerprint density at radius 3 is 2.62 bits per heavy atom. The van der Waals surface area contributed by atoms with E-state index in [1.807, 2.05) is 52.4 Å². The summed E-state index contributed by atoms with van der Waals surface area (Å²) in [5.41, 5.74) is 3.38. The summed E-state index contributed by atoms with van der Waals surface area (Å²) in [6.45, 7) is 4.18. The molecule has 32 heavy (non-hydrogen) atoms. The number of carbonyl (C=O) groups excluding carboxylic acids is 2. The van der Waals surface area contributed by atoms with Gasteiger partial charge in [-0.2, -0.15) is 0 Å². The van der Waals surface area contributed by atoms with Crippen LogP contribution in [-0.2, 0) is 16.0 Å². The third kappa shape index (κ3) is 4.19. The third-order valence-corrected chi connectivity index (χ3v) is 6.89. The van der Waals surface area contributed by atoms with Crippen LogP contribution in [0.3, 0.4) is 0 Å². The van der Waals surface area contributed by atoms with Crippen LogP contribution in [0.15, 0.2) is 54.7 Å². The van der Waals surface area contributed by atoms with Crippen LogP contribution < -0.4 is 4.90 Å². The average molecular weight is 451 g/mol. The second kappa shape index (κ2) is 8.87. The van der Waals surface area contributed by atoms with Gasteiger partial charge in [-0.1, -0.05) is 29.8 Å². The van der Waals surface area contributed by atoms with Crippen LogP contribution >= 0.6 is 11.6 Å². The number of H-pyrrole nitrogens is 1. The van der Waals surface area contributed by atoms with Gasteiger partial charge in [0.2, 0.25) is 11.8 Å². The maximum Gasteiger partial charge on any atom is 0.228 e. The molecule has 0 spiro atoms. The standard InChI is InChI=1S/C25H27ClN4O2/c26-20-6-7-23-22(15-20)18(16-27-23)8-9-30-17-19(14-24(30)31)25(32)29-12-10-28(11-13-29)21-4-2-1-3-5-21/h1-7,15-16,19,27H,8-14,17H2/t19-/m0/s1. The lowest BCUT2D eigenvalue weighted by molar-refractivity contribution is -0.136. The molecule has 1 N–H and O–H groups in total. The quantitative estimate of drug-likeness (QED) is 0.646. The number of piperazine rings is 1. The summed E-state index contributed by atoms with van der Waals surface area (Å²) in [5.74, 6) is -0.0419. The summed E-state index contributed by atoms with van der Waals surface area (Å²) in [6.07, 6.45) is 3.04. The first kappa shape index (κ1) is 20.9. The lowest BCUT2D eigenvalue weighted by Crippen LogP contribution is -2.50. The molecule has 1 aromatic heterocycles. The summed E-state index contributed by atoms with van der Waals surface area (Å²) in [7, 11) is 0. The molecule has 5 rings (SSSR count). The van der Waals surface area contributed by atoms with Gasteiger partial charge in [0, 0.05) is 73.5 Å². The Kier molecular flexibility index (Phi) is 5.79. The van der Waals surface area contributed by atoms with Crippen molar-refractivity contribution in [3.63, 3.8) is 0 Å². The number of amides is 2. The number of hydrogen-bond acceptors (Lipinski definition) is 3. The molecule has 0 radical (unpaired) electrons. The molecule has 2 aromatic carbocycles. The Hall–Kier alpha value is -2.99. The van der Waals surface area contributed by atoms with Gasteiger partial charge in [0.25, 0.3) is 0 Å². The molecule has 3 aromatic rings. The largest absolute Gasteiger partial charge is 0.368 e. The number of benzene rings is 2. The minimum absolute atomic E-state index is 0.0733. The third-order valence-electron chi connectivity index (χ3n) is 6.66. The van der Waals surface area contributed by atoms with E-state index in [-0.39, 0.29) is 17.7 Å². The molecule has 0 bridgehead atoms. The SMILES string of the molecule is O=C1C[C@H](C(=O)N2CCN(c3ccccc3)CC2)CN1CCc1c[nH]c2ccc(Cl)cc12. The van der Waals surface area contributed by atoms with Crippen molar-refractivity contribution in [3.05, 3.63) is 65.3 Å². The molecule has 166 valence electrons. The van der Waals surface area contributed by atoms with Crippen molar-refractivity contribution in [2.45, 2.75) is 12.8 Å². The van der Waals surface area contributed by atoms with E-state index in [1.54, 1.807) is 0 Å². The number of aromatic amines is 1. The zero-order valence-electron chi connectivity index (χ0n) is 18.0. The second-order valence-corrected chi connectivity index (χ2v) is 9.08. The fourth-order valence-corrected chi connectivity index (χ4v) is 5.02. The van der Waals surface area contributed by atoms with Crippen LogP contribution in [0.2, 0.25) is 5.02 Å². The highest BCUT2D eigenvalue weighted by atomic mass is 35.5. The van der Waals surface area contributed by atoms with Gasteiger partial charge in [-0.25, -0.2) is 0 Å². The van der Waals surface area contributed by atoms with Crippen LogP contribution in [-0.4, -0.2) is 65.9 Å². The number of nitrogens with one attached hydrogen (secondary N) is 1. The molecule has 0 aliphatic carbocycles. The molecule has 2 saturated heterocycles. The summed E-state index contributed by atoms with van der Waals surface area (Å²) < 4.78 is 0. The number of carbonyl (C=O) groups is 2. The fraction of sp³-hybridized carbons (Fsp3) is 0.360. The molecule has 2 aliphatic heterocycles. The smallest absolute Gasteiger partial charge is 0.228 e. The van der Waals surface area contributed by atoms with Gasteiger partial charge in [0.15, 0.2) is 0 Å². The molecule has 1 atom stereocenters. The normalized spacial score (nSPS) is 19.2. The fourth-order valence-electron chi connectivity index (χ4n) is 4.85. The monoisotopic (exact) mass is 450 g/mol. The van der Waals surface area contributed by atoms with Gasteiger partial charge in [-0.3, -0.25) is 9.59 Å². The number of nitrogens with zero attached hydrogens (tertiary/aromatic N) is 3. The Morgan fingerprint density at radius 1 is 1.06 bits per heavy atom. The van der Waals surface area contributed by atoms with E-state index >= 15 is 0 Å². The molecular formula is C25H27ClN4O2. The predicted octanol–water partition coefficient (Wildman–Crippen LogP) is 3.56. The van der Waals surface area contributed by atoms with E-state index in [2.05, 4.69) is 22.0 Å². The Labute approximate surface area is 192 Å². The lowest BCUT2D eigenvalue weighted by Gasteiger charge is -2.37. The second-order valence-electron chi connectivity index (χ2n) is 8.64. The minimum Gasteiger partial charge on any atom is -0.368 e. The van der Waals surface area contributed by atoms with Gasteiger partial charge < -0.3 is 19.7 Å². The maximum atomic E-state index is 13.1. The van der Waals surface area contributed by atoms with Crippen molar-refractivity contribution in [3.8, 4) is 0 Å². The number of hydrogen-bond donors (Lipinski definition) is 1. The van der Waals surface area contributed by atoms with Crippen LogP contribution in [0.4, 0.5) is 5.69 Å². The maximum absolute atomic E-state index is 13.1. The zero-order valence-corrected chi connectivity index (χ0v) is 18.7. The molecule has 2 aliphatic rings. The van der Waals surface area contributed by atoms with E-state index in [9.17, 15) is 9.59 Å². The van der Waals surface area contributed by atoms with Crippen molar-refractivity contribution in [1.82, 2.24) is 14.8 Å². The van der Waals surface area contributed by atoms with Crippen LogP contribution in [0, 0.1) is 5.92 Å². The van der Waals surface area contributed by atoms with Crippen molar-refractivity contribution in [2.75, 3.05) is 44.2 Å². The van der Waals surface area contributed by atoms with Crippen LogP contribution in [0.1, 0.15) is 12.0 Å². The topological polar surface area (TPSA) is 59.7 Å². The molecular weight excluding hydrogens is 424 g/mol. The first-order valence-electron chi connectivity index (χ1n) is 11.2. The van der Waals surface area contributed by atoms with E-state index in [1.165, 1.54) is 5.69 Å². The summed E-state index contributed by atoms with van der Waals surface area (Å²) in [4.78, 5) is 35.0. The molecule has 3 heterocycles. The average Bonchev–Trinajstić information content (AvgIpc) is 3.40. The molecule has 2 amide bonds. The summed E-state index contributed by atoms with van der Waals surface area (Å²) in [5, 5.41) is 1.79. The number of rotatable bonds is 5. The van der Waals surface area contributed by atoms with Gasteiger partial charge in [-0.05, 0) is 42.3 Å². The van der Waals surface area contributed by atoms with E-state index < -0.39 is 0 Å². The van der Waals surface area contributed by atoms with E-state index in [0.29, 0.717) is 37.6 Å². The van der Waals surface area contributed by atoms with Gasteiger partial charge >= 0.3 is 0 Å². The lowest BCUT2D eigenvalue weighted by atomic mass is 10.1. The number of halogens is 1. The summed E-state index contributed by atoms with van der Waals surface area (Å²) in [6, 6.07) is 16.1. The number of fused-ring (bicyclic) bond motifs is 1. The molecule has 7 heteroatoms. The molecule has 6 nitrogen and oxygen atoms in total. The number of para-hydroxylation sites is 1. The van der Waals surface area contributed by atoms with Gasteiger partial charge in [-0.15, -0.1) is 0 Å². The Morgan fingerprint density at radius 2 is 1.84 bits per heavy atom. The van der Waals surface area contributed by atoms with Crippen molar-refractivity contribution < 1.29 is 9.59 Å². The van der Waals surface area contributed by atoms with E-state index in [4.69, 9.17) is 11.6 Å². The first-order valence-corrected chi connectivity index (χ1v) is 11.6. The first-order chi connectivity index (χ1) is 15.6.